The van der Waals surface area contributed by atoms with Crippen LogP contribution in [0.1, 0.15) is 38.3 Å². The molecule has 7 nitrogen and oxygen atoms in total. The summed E-state index contributed by atoms with van der Waals surface area (Å²) in [5.74, 6) is 2.24. The number of nitrogens with one attached hydrogen (secondary N) is 1. The maximum Gasteiger partial charge on any atom is 0.528 e. The van der Waals surface area contributed by atoms with Crippen molar-refractivity contribution in [3.8, 4) is 6.07 Å². The van der Waals surface area contributed by atoms with Gasteiger partial charge in [0.2, 0.25) is 0 Å². The van der Waals surface area contributed by atoms with E-state index in [0.29, 0.717) is 18.0 Å². The highest BCUT2D eigenvalue weighted by molar-refractivity contribution is 6.13. The van der Waals surface area contributed by atoms with Crippen LogP contribution in [0.25, 0.3) is 4.85 Å². The molecule has 0 aromatic heterocycles. The summed E-state index contributed by atoms with van der Waals surface area (Å²) < 4.78 is 9.45. The molecule has 1 unspecified atom stereocenters. The fraction of sp³-hybridized carbons (Fsp3) is 0.400. The van der Waals surface area contributed by atoms with E-state index in [9.17, 15) is 4.79 Å². The first-order valence-corrected chi connectivity index (χ1v) is 8.83. The van der Waals surface area contributed by atoms with Gasteiger partial charge in [0.05, 0.1) is 6.92 Å². The summed E-state index contributed by atoms with van der Waals surface area (Å²) in [5, 5.41) is 2.85. The summed E-state index contributed by atoms with van der Waals surface area (Å²) in [6.07, 6.45) is 1.76. The molecule has 2 heterocycles. The van der Waals surface area contributed by atoms with E-state index in [4.69, 9.17) is 10.5 Å². The zero-order valence-electron chi connectivity index (χ0n) is 15.6. The quantitative estimate of drug-likeness (QED) is 0.781. The van der Waals surface area contributed by atoms with Crippen molar-refractivity contribution in [2.45, 2.75) is 39.2 Å². The monoisotopic (exact) mass is 363 g/mol. The predicted molar refractivity (Wildman–Crippen MR) is 105 cm³/mol. The Kier molecular flexibility index (Phi) is 3.71. The van der Waals surface area contributed by atoms with E-state index < -0.39 is 5.54 Å². The molecule has 0 bridgehead atoms. The molecular weight excluding hydrogens is 342 g/mol. The number of carbonyl (C=O) groups excluding carboxylic acids is 1. The Morgan fingerprint density at radius 1 is 1.41 bits per heavy atom. The van der Waals surface area contributed by atoms with E-state index in [1.807, 2.05) is 18.2 Å². The van der Waals surface area contributed by atoms with E-state index in [0.717, 1.165) is 18.4 Å². The van der Waals surface area contributed by atoms with Gasteiger partial charge in [0.25, 0.3) is 6.02 Å². The number of ether oxygens (including phenoxy) is 1. The summed E-state index contributed by atoms with van der Waals surface area (Å²) in [4.78, 5) is 21.0. The summed E-state index contributed by atoms with van der Waals surface area (Å²) in [5.41, 5.74) is 8.99. The minimum atomic E-state index is -0.508. The molecule has 0 saturated heterocycles. The highest BCUT2D eigenvalue weighted by Gasteiger charge is 2.47. The molecule has 1 aromatic rings. The van der Waals surface area contributed by atoms with Crippen LogP contribution in [0.4, 0.5) is 5.69 Å². The molecule has 0 radical (unpaired) electrons. The van der Waals surface area contributed by atoms with Gasteiger partial charge in [-0.15, -0.1) is 0 Å². The van der Waals surface area contributed by atoms with Crippen molar-refractivity contribution in [3.05, 3.63) is 39.9 Å². The standard InChI is InChI=1S/C20H20N5O2/c1-12-8-23-16(9-22-12)17(26)24-14-5-4-13-7-19(2,3)10-20(15(13)6-14)11-27-18(21)25-20/h4-6H,7,10-11H2,1-3H3,(H2-,21,24,25,26)/q+1/p+1. The van der Waals surface area contributed by atoms with Gasteiger partial charge < -0.3 is 15.8 Å². The zero-order valence-corrected chi connectivity index (χ0v) is 15.6. The molecule has 7 heteroatoms. The number of nitrogens with two attached hydrogens (primary N) is 1. The number of hydrogen-bond acceptors (Lipinski definition) is 4. The molecule has 3 N–H and O–H groups in total. The number of amidine groups is 1. The van der Waals surface area contributed by atoms with Gasteiger partial charge in [0.1, 0.15) is 12.1 Å². The second kappa shape index (κ2) is 5.85. The fourth-order valence-electron chi connectivity index (χ4n) is 4.02. The minimum Gasteiger partial charge on any atom is -0.462 e. The molecule has 0 saturated carbocycles. The summed E-state index contributed by atoms with van der Waals surface area (Å²) in [6.45, 7) is 6.60. The first-order chi connectivity index (χ1) is 12.8. The Labute approximate surface area is 157 Å². The van der Waals surface area contributed by atoms with Gasteiger partial charge in [-0.05, 0) is 46.2 Å². The van der Waals surface area contributed by atoms with E-state index in [1.165, 1.54) is 5.56 Å². The van der Waals surface area contributed by atoms with E-state index in [1.54, 1.807) is 6.92 Å². The number of fused-ring (bicyclic) bond motifs is 2. The second-order valence-electron chi connectivity index (χ2n) is 8.00. The van der Waals surface area contributed by atoms with Crippen LogP contribution in [-0.4, -0.2) is 30.1 Å². The molecule has 136 valence electrons. The SMILES string of the molecule is CC1=[N+]=C=C(C(=O)Nc2ccc3c(c2)C2(COC(N)=N2)CC(C)(C)C3)[N+]#C1. The average molecular weight is 363 g/mol. The number of carbonyl (C=O) groups is 1. The van der Waals surface area contributed by atoms with Gasteiger partial charge in [-0.1, -0.05) is 19.9 Å². The van der Waals surface area contributed by atoms with Gasteiger partial charge in [0.15, 0.2) is 0 Å². The van der Waals surface area contributed by atoms with Gasteiger partial charge in [-0.25, -0.2) is 4.99 Å². The smallest absolute Gasteiger partial charge is 0.462 e. The van der Waals surface area contributed by atoms with Crippen LogP contribution in [0.5, 0.6) is 0 Å². The molecule has 4 rings (SSSR count). The lowest BCUT2D eigenvalue weighted by molar-refractivity contribution is -0.112. The lowest BCUT2D eigenvalue weighted by Crippen LogP contribution is -2.39. The lowest BCUT2D eigenvalue weighted by atomic mass is 9.65. The lowest BCUT2D eigenvalue weighted by Gasteiger charge is -2.41. The third-order valence-electron chi connectivity index (χ3n) is 4.97. The molecular formula is C20H21N5O2+2. The number of hydrogen-bond donors (Lipinski definition) is 2. The first kappa shape index (κ1) is 17.1. The molecule has 1 spiro atoms. The van der Waals surface area contributed by atoms with Gasteiger partial charge >= 0.3 is 29.3 Å². The molecule has 2 aliphatic heterocycles. The summed E-state index contributed by atoms with van der Waals surface area (Å²) in [6, 6.07) is 8.77. The maximum atomic E-state index is 12.4. The molecule has 1 aromatic carbocycles. The van der Waals surface area contributed by atoms with Crippen molar-refractivity contribution < 1.29 is 9.53 Å². The highest BCUT2D eigenvalue weighted by atomic mass is 16.5. The van der Waals surface area contributed by atoms with Gasteiger partial charge in [-0.2, -0.15) is 0 Å². The number of benzene rings is 1. The average Bonchev–Trinajstić information content (AvgIpc) is 2.96. The topological polar surface area (TPSA) is 95.2 Å². The van der Waals surface area contributed by atoms with Crippen molar-refractivity contribution in [1.29, 1.82) is 0 Å². The summed E-state index contributed by atoms with van der Waals surface area (Å²) in [7, 11) is 0. The van der Waals surface area contributed by atoms with Crippen LogP contribution in [0, 0.1) is 11.5 Å². The normalized spacial score (nSPS) is 24.0. The van der Waals surface area contributed by atoms with Crippen molar-refractivity contribution in [3.63, 3.8) is 0 Å². The Morgan fingerprint density at radius 2 is 2.22 bits per heavy atom. The van der Waals surface area contributed by atoms with Crippen LogP contribution >= 0.6 is 0 Å². The van der Waals surface area contributed by atoms with Crippen LogP contribution < -0.4 is 15.7 Å². The predicted octanol–water partition coefficient (Wildman–Crippen LogP) is 1.57. The molecule has 27 heavy (non-hydrogen) atoms. The zero-order chi connectivity index (χ0) is 19.2. The number of aliphatic imine (C=N–C) groups is 1. The van der Waals surface area contributed by atoms with Gasteiger partial charge in [0, 0.05) is 10.5 Å². The van der Waals surface area contributed by atoms with Crippen LogP contribution in [0.2, 0.25) is 0 Å². The Bertz CT molecular complexity index is 1060. The van der Waals surface area contributed by atoms with E-state index in [-0.39, 0.29) is 23.0 Å². The third kappa shape index (κ3) is 3.13. The largest absolute Gasteiger partial charge is 0.528 e. The van der Waals surface area contributed by atoms with Crippen LogP contribution in [-0.2, 0) is 21.5 Å². The molecule has 0 fully saturated rings. The second-order valence-corrected chi connectivity index (χ2v) is 8.00. The number of nitrogens with zero attached hydrogens (tertiary/aromatic N) is 3. The van der Waals surface area contributed by atoms with Crippen molar-refractivity contribution >= 4 is 29.2 Å². The Balaban J connectivity index is 1.70. The Hall–Kier alpha value is -3.32. The highest BCUT2D eigenvalue weighted by Crippen LogP contribution is 2.49. The van der Waals surface area contributed by atoms with E-state index >= 15 is 0 Å². The fourth-order valence-corrected chi connectivity index (χ4v) is 4.02. The molecule has 1 aliphatic carbocycles. The minimum absolute atomic E-state index is 0.0809. The van der Waals surface area contributed by atoms with Crippen molar-refractivity contribution in [2.24, 2.45) is 16.1 Å². The maximum absolute atomic E-state index is 12.4. The number of amides is 1. The van der Waals surface area contributed by atoms with Crippen LogP contribution in [0.15, 0.2) is 28.9 Å². The molecule has 1 amide bonds. The van der Waals surface area contributed by atoms with E-state index in [2.05, 4.69) is 45.6 Å². The number of anilines is 1. The Morgan fingerprint density at radius 3 is 2.89 bits per heavy atom. The van der Waals surface area contributed by atoms with Crippen molar-refractivity contribution in [1.82, 2.24) is 4.67 Å². The van der Waals surface area contributed by atoms with Crippen molar-refractivity contribution in [2.75, 3.05) is 11.9 Å². The number of rotatable bonds is 2. The third-order valence-corrected chi connectivity index (χ3v) is 4.97. The van der Waals surface area contributed by atoms with Crippen LogP contribution in [0.3, 0.4) is 0 Å². The first-order valence-electron chi connectivity index (χ1n) is 8.83. The van der Waals surface area contributed by atoms with Gasteiger partial charge in [-0.3, -0.25) is 4.79 Å². The molecule has 1 atom stereocenters. The molecule has 3 aliphatic rings. The summed E-state index contributed by atoms with van der Waals surface area (Å²) >= 11 is 0.